The molecule has 5 aliphatic rings. The summed E-state index contributed by atoms with van der Waals surface area (Å²) in [6.07, 6.45) is 16.3. The van der Waals surface area contributed by atoms with Gasteiger partial charge in [-0.2, -0.15) is 0 Å². The Morgan fingerprint density at radius 3 is 1.03 bits per heavy atom. The van der Waals surface area contributed by atoms with Crippen molar-refractivity contribution in [2.75, 3.05) is 32.9 Å². The zero-order valence-corrected chi connectivity index (χ0v) is 22.0. The van der Waals surface area contributed by atoms with E-state index in [1.165, 1.54) is 0 Å². The van der Waals surface area contributed by atoms with Crippen LogP contribution >= 0.6 is 0 Å². The van der Waals surface area contributed by atoms with Crippen molar-refractivity contribution in [2.45, 2.75) is 0 Å². The van der Waals surface area contributed by atoms with Crippen LogP contribution in [0.2, 0.25) is 0 Å². The number of hydrogen-bond donors (Lipinski definition) is 0. The Labute approximate surface area is 217 Å². The minimum absolute atomic E-state index is 0. The summed E-state index contributed by atoms with van der Waals surface area (Å²) in [6.45, 7) is 9.53. The van der Waals surface area contributed by atoms with E-state index in [2.05, 4.69) is 19.6 Å². The smallest absolute Gasteiger partial charge is 0.106 e. The van der Waals surface area contributed by atoms with Gasteiger partial charge in [0.2, 0.25) is 0 Å². The molecule has 10 nitrogen and oxygen atoms in total. The second kappa shape index (κ2) is 8.81. The zero-order valence-electron chi connectivity index (χ0n) is 19.0. The van der Waals surface area contributed by atoms with Gasteiger partial charge in [-0.05, 0) is 73.9 Å². The van der Waals surface area contributed by atoms with Crippen molar-refractivity contribution in [1.29, 1.82) is 0 Å². The molecule has 0 aliphatic carbocycles. The summed E-state index contributed by atoms with van der Waals surface area (Å²) >= 11 is 0. The molecular formula is C24H22N10Zn-4. The molecular weight excluding hydrogens is 494 g/mol. The van der Waals surface area contributed by atoms with Crippen LogP contribution in [0.4, 0.5) is 23.3 Å². The number of hydrogen-bond acceptors (Lipinski definition) is 10. The molecule has 0 unspecified atom stereocenters. The second-order valence-electron chi connectivity index (χ2n) is 8.33. The summed E-state index contributed by atoms with van der Waals surface area (Å²) in [5.41, 5.74) is 0. The maximum atomic E-state index is 4.87. The topological polar surface area (TPSA) is 51.7 Å². The molecule has 35 heavy (non-hydrogen) atoms. The van der Waals surface area contributed by atoms with E-state index in [1.807, 2.05) is 132 Å². The van der Waals surface area contributed by atoms with Crippen LogP contribution in [0.3, 0.4) is 0 Å². The standard InChI is InChI=1S/C24H22N10.Zn/c1-3-21-25-22(4-1)32-12-8-28(18-32)16-30-10-14-34(20-30)24-6-2-5-23(26-24)33-13-9-29(19-33)15-27-7-11-31(21)17-27;/h1-14,17-20H,15-16H2;/q-4;. The first-order valence-corrected chi connectivity index (χ1v) is 11.0. The first kappa shape index (κ1) is 21.8. The Hall–Kier alpha value is -3.72. The average molecular weight is 516 g/mol. The van der Waals surface area contributed by atoms with E-state index in [4.69, 9.17) is 9.97 Å². The Bertz CT molecular complexity index is 1040. The van der Waals surface area contributed by atoms with E-state index in [-0.39, 0.29) is 19.5 Å². The summed E-state index contributed by atoms with van der Waals surface area (Å²) in [4.78, 5) is 26.3. The van der Waals surface area contributed by atoms with E-state index >= 15 is 0 Å². The third kappa shape index (κ3) is 4.16. The van der Waals surface area contributed by atoms with Crippen LogP contribution in [-0.4, -0.2) is 42.9 Å². The molecule has 7 heterocycles. The molecule has 7 rings (SSSR count). The number of rotatable bonds is 0. The Morgan fingerprint density at radius 1 is 0.457 bits per heavy atom. The van der Waals surface area contributed by atoms with Crippen LogP contribution in [-0.2, 0) is 19.5 Å². The van der Waals surface area contributed by atoms with E-state index < -0.39 is 0 Å². The van der Waals surface area contributed by atoms with Gasteiger partial charge < -0.3 is 39.2 Å². The fourth-order valence-corrected chi connectivity index (χ4v) is 4.23. The summed E-state index contributed by atoms with van der Waals surface area (Å²) in [5.74, 6) is 3.45. The molecule has 0 amide bonds. The molecule has 12 bridgehead atoms. The molecule has 5 aliphatic heterocycles. The number of aromatic nitrogens is 2. The molecule has 0 spiro atoms. The predicted octanol–water partition coefficient (Wildman–Crippen LogP) is 2.95. The van der Waals surface area contributed by atoms with Crippen LogP contribution < -0.4 is 19.6 Å². The summed E-state index contributed by atoms with van der Waals surface area (Å²) < 4.78 is 0. The fraction of sp³-hybridized carbons (Fsp3) is 0.0833. The molecule has 2 aromatic rings. The maximum Gasteiger partial charge on any atom is 0.106 e. The van der Waals surface area contributed by atoms with Crippen molar-refractivity contribution in [3.63, 3.8) is 0 Å². The Kier molecular flexibility index (Phi) is 5.49. The molecule has 0 radical (unpaired) electrons. The van der Waals surface area contributed by atoms with E-state index in [1.54, 1.807) is 0 Å². The zero-order chi connectivity index (χ0) is 22.5. The Morgan fingerprint density at radius 2 is 0.743 bits per heavy atom. The van der Waals surface area contributed by atoms with Gasteiger partial charge >= 0.3 is 0 Å². The largest absolute Gasteiger partial charge is 0.494 e. The average Bonchev–Trinajstić information content (AvgIpc) is 3.67. The van der Waals surface area contributed by atoms with Gasteiger partial charge in [0.05, 0.1) is 0 Å². The van der Waals surface area contributed by atoms with Crippen molar-refractivity contribution in [1.82, 2.24) is 29.6 Å². The summed E-state index contributed by atoms with van der Waals surface area (Å²) in [6, 6.07) is 12.1. The second-order valence-corrected chi connectivity index (χ2v) is 8.33. The van der Waals surface area contributed by atoms with Crippen molar-refractivity contribution < 1.29 is 19.5 Å². The molecule has 0 N–H and O–H groups in total. The number of pyridine rings is 2. The van der Waals surface area contributed by atoms with Crippen LogP contribution in [0, 0.1) is 26.7 Å². The first-order valence-electron chi connectivity index (χ1n) is 11.0. The van der Waals surface area contributed by atoms with Crippen LogP contribution in [0.15, 0.2) is 86.0 Å². The number of anilines is 4. The van der Waals surface area contributed by atoms with Gasteiger partial charge in [0.25, 0.3) is 0 Å². The van der Waals surface area contributed by atoms with Crippen LogP contribution in [0.5, 0.6) is 0 Å². The van der Waals surface area contributed by atoms with Crippen molar-refractivity contribution in [3.05, 3.63) is 113 Å². The third-order valence-corrected chi connectivity index (χ3v) is 5.92. The predicted molar refractivity (Wildman–Crippen MR) is 129 cm³/mol. The molecule has 0 saturated heterocycles. The first-order chi connectivity index (χ1) is 16.8. The molecule has 0 saturated carbocycles. The monoisotopic (exact) mass is 514 g/mol. The fourth-order valence-electron chi connectivity index (χ4n) is 4.23. The van der Waals surface area contributed by atoms with Gasteiger partial charge in [0.15, 0.2) is 0 Å². The molecule has 0 fully saturated rings. The minimum atomic E-state index is 0. The van der Waals surface area contributed by atoms with Gasteiger partial charge in [0, 0.05) is 32.8 Å². The Balaban J connectivity index is 0.00000229. The molecule has 0 aromatic carbocycles. The normalized spacial score (nSPS) is 19.9. The molecule has 174 valence electrons. The van der Waals surface area contributed by atoms with Crippen molar-refractivity contribution >= 4 is 23.3 Å². The van der Waals surface area contributed by atoms with Gasteiger partial charge in [0.1, 0.15) is 23.3 Å². The van der Waals surface area contributed by atoms with E-state index in [9.17, 15) is 0 Å². The number of nitrogens with zero attached hydrogens (tertiary/aromatic N) is 10. The molecule has 2 aromatic heterocycles. The number of fused-ring (bicyclic) bond motifs is 16. The van der Waals surface area contributed by atoms with E-state index in [0.29, 0.717) is 13.3 Å². The van der Waals surface area contributed by atoms with Gasteiger partial charge in [-0.1, -0.05) is 12.1 Å². The van der Waals surface area contributed by atoms with Gasteiger partial charge in [-0.25, -0.2) is 9.97 Å². The third-order valence-electron chi connectivity index (χ3n) is 5.92. The van der Waals surface area contributed by atoms with Crippen LogP contribution in [0.1, 0.15) is 0 Å². The summed E-state index contributed by atoms with van der Waals surface area (Å²) in [5, 5.41) is 0. The molecule has 0 atom stereocenters. The maximum absolute atomic E-state index is 4.87. The molecule has 11 heteroatoms. The quantitative estimate of drug-likeness (QED) is 0.387. The van der Waals surface area contributed by atoms with Crippen molar-refractivity contribution in [2.24, 2.45) is 0 Å². The van der Waals surface area contributed by atoms with Gasteiger partial charge in [-0.15, -0.1) is 26.7 Å². The minimum Gasteiger partial charge on any atom is -0.494 e. The van der Waals surface area contributed by atoms with Crippen LogP contribution in [0.25, 0.3) is 0 Å². The SMILES string of the molecule is C1=CN2[CH-]N1CN1C=CN([CH-]1)c1cccc(n1)N1C=CN([CH-]1)CN1C=CN([CH-]1)c1cccc2n1.[Zn]. The summed E-state index contributed by atoms with van der Waals surface area (Å²) in [7, 11) is 0. The van der Waals surface area contributed by atoms with Gasteiger partial charge in [-0.3, -0.25) is 0 Å². The van der Waals surface area contributed by atoms with E-state index in [0.717, 1.165) is 23.3 Å². The van der Waals surface area contributed by atoms with Crippen molar-refractivity contribution in [3.8, 4) is 0 Å².